The molecular weight excluding hydrogens is 240 g/mol. The molecule has 1 unspecified atom stereocenters. The van der Waals surface area contributed by atoms with Crippen molar-refractivity contribution in [3.8, 4) is 0 Å². The molecule has 0 saturated carbocycles. The highest BCUT2D eigenvalue weighted by atomic mass is 16.2. The summed E-state index contributed by atoms with van der Waals surface area (Å²) in [5.41, 5.74) is 0.446. The monoisotopic (exact) mass is 262 g/mol. The van der Waals surface area contributed by atoms with Crippen LogP contribution in [0.4, 0.5) is 5.82 Å². The van der Waals surface area contributed by atoms with E-state index in [9.17, 15) is 4.79 Å². The third kappa shape index (κ3) is 3.22. The summed E-state index contributed by atoms with van der Waals surface area (Å²) in [5.74, 6) is 0.692. The predicted molar refractivity (Wildman–Crippen MR) is 75.2 cm³/mol. The molecule has 1 saturated heterocycles. The van der Waals surface area contributed by atoms with Gasteiger partial charge < -0.3 is 10.2 Å². The molecule has 1 aromatic rings. The van der Waals surface area contributed by atoms with Gasteiger partial charge in [0.25, 0.3) is 5.91 Å². The van der Waals surface area contributed by atoms with E-state index in [1.807, 2.05) is 4.90 Å². The highest BCUT2D eigenvalue weighted by Gasteiger charge is 2.28. The van der Waals surface area contributed by atoms with E-state index in [-0.39, 0.29) is 5.91 Å². The van der Waals surface area contributed by atoms with Crippen molar-refractivity contribution in [2.45, 2.75) is 45.6 Å². The SMILES string of the molecule is CCCNc1cncc(C(=O)N2CCCC2CC)n1. The summed E-state index contributed by atoms with van der Waals surface area (Å²) in [6.45, 7) is 5.89. The number of amides is 1. The minimum Gasteiger partial charge on any atom is -0.369 e. The molecule has 0 aromatic carbocycles. The number of anilines is 1. The fourth-order valence-corrected chi connectivity index (χ4v) is 2.48. The minimum absolute atomic E-state index is 0.0111. The molecule has 1 amide bonds. The first-order valence-corrected chi connectivity index (χ1v) is 7.13. The number of hydrogen-bond donors (Lipinski definition) is 1. The van der Waals surface area contributed by atoms with Gasteiger partial charge in [-0.1, -0.05) is 13.8 Å². The van der Waals surface area contributed by atoms with Gasteiger partial charge in [0.1, 0.15) is 11.5 Å². The van der Waals surface area contributed by atoms with Gasteiger partial charge in [0, 0.05) is 19.1 Å². The van der Waals surface area contributed by atoms with Gasteiger partial charge in [-0.15, -0.1) is 0 Å². The van der Waals surface area contributed by atoms with Gasteiger partial charge in [-0.3, -0.25) is 9.78 Å². The molecule has 104 valence electrons. The molecule has 0 aliphatic carbocycles. The second-order valence-corrected chi connectivity index (χ2v) is 4.92. The van der Waals surface area contributed by atoms with Crippen molar-refractivity contribution < 1.29 is 4.79 Å². The Bertz CT molecular complexity index is 435. The fraction of sp³-hybridized carbons (Fsp3) is 0.643. The zero-order valence-corrected chi connectivity index (χ0v) is 11.7. The third-order valence-corrected chi connectivity index (χ3v) is 3.52. The van der Waals surface area contributed by atoms with E-state index in [0.29, 0.717) is 17.6 Å². The quantitative estimate of drug-likeness (QED) is 0.884. The van der Waals surface area contributed by atoms with Crippen LogP contribution < -0.4 is 5.32 Å². The maximum atomic E-state index is 12.4. The molecule has 2 heterocycles. The molecule has 1 aliphatic heterocycles. The molecule has 0 spiro atoms. The van der Waals surface area contributed by atoms with E-state index >= 15 is 0 Å². The topological polar surface area (TPSA) is 58.1 Å². The zero-order chi connectivity index (χ0) is 13.7. The first kappa shape index (κ1) is 13.8. The third-order valence-electron chi connectivity index (χ3n) is 3.52. The van der Waals surface area contributed by atoms with Crippen LogP contribution in [0, 0.1) is 0 Å². The van der Waals surface area contributed by atoms with Crippen LogP contribution >= 0.6 is 0 Å². The Morgan fingerprint density at radius 1 is 1.47 bits per heavy atom. The van der Waals surface area contributed by atoms with E-state index < -0.39 is 0 Å². The van der Waals surface area contributed by atoms with Crippen molar-refractivity contribution in [1.82, 2.24) is 14.9 Å². The van der Waals surface area contributed by atoms with E-state index in [2.05, 4.69) is 29.1 Å². The van der Waals surface area contributed by atoms with Crippen molar-refractivity contribution in [3.63, 3.8) is 0 Å². The zero-order valence-electron chi connectivity index (χ0n) is 11.7. The Morgan fingerprint density at radius 3 is 3.05 bits per heavy atom. The van der Waals surface area contributed by atoms with Crippen molar-refractivity contribution >= 4 is 11.7 Å². The van der Waals surface area contributed by atoms with Gasteiger partial charge in [-0.05, 0) is 25.7 Å². The summed E-state index contributed by atoms with van der Waals surface area (Å²) in [4.78, 5) is 22.8. The molecule has 1 aromatic heterocycles. The molecule has 1 atom stereocenters. The van der Waals surface area contributed by atoms with Crippen molar-refractivity contribution in [2.24, 2.45) is 0 Å². The summed E-state index contributed by atoms with van der Waals surface area (Å²) in [6.07, 6.45) is 7.43. The fourth-order valence-electron chi connectivity index (χ4n) is 2.48. The van der Waals surface area contributed by atoms with E-state index in [1.165, 1.54) is 0 Å². The molecule has 5 heteroatoms. The lowest BCUT2D eigenvalue weighted by Crippen LogP contribution is -2.35. The summed E-state index contributed by atoms with van der Waals surface area (Å²) in [6, 6.07) is 0.363. The number of carbonyl (C=O) groups excluding carboxylic acids is 1. The molecule has 2 rings (SSSR count). The van der Waals surface area contributed by atoms with Crippen LogP contribution in [0.1, 0.15) is 50.0 Å². The number of aromatic nitrogens is 2. The van der Waals surface area contributed by atoms with Crippen LogP contribution in [-0.2, 0) is 0 Å². The van der Waals surface area contributed by atoms with Gasteiger partial charge in [0.05, 0.1) is 12.4 Å². The van der Waals surface area contributed by atoms with Crippen molar-refractivity contribution in [3.05, 3.63) is 18.1 Å². The van der Waals surface area contributed by atoms with Gasteiger partial charge >= 0.3 is 0 Å². The number of rotatable bonds is 5. The van der Waals surface area contributed by atoms with Gasteiger partial charge in [-0.25, -0.2) is 4.98 Å². The molecule has 1 aliphatic rings. The van der Waals surface area contributed by atoms with Crippen LogP contribution in [0.3, 0.4) is 0 Å². The Balaban J connectivity index is 2.10. The number of carbonyl (C=O) groups is 1. The molecule has 0 bridgehead atoms. The molecule has 1 N–H and O–H groups in total. The molecule has 1 fully saturated rings. The van der Waals surface area contributed by atoms with Crippen LogP contribution in [-0.4, -0.2) is 39.9 Å². The smallest absolute Gasteiger partial charge is 0.274 e. The molecule has 19 heavy (non-hydrogen) atoms. The Kier molecular flexibility index (Phi) is 4.71. The van der Waals surface area contributed by atoms with Crippen molar-refractivity contribution in [2.75, 3.05) is 18.4 Å². The number of hydrogen-bond acceptors (Lipinski definition) is 4. The van der Waals surface area contributed by atoms with E-state index in [4.69, 9.17) is 0 Å². The second kappa shape index (κ2) is 6.50. The number of nitrogens with one attached hydrogen (secondary N) is 1. The summed E-state index contributed by atoms with van der Waals surface area (Å²) < 4.78 is 0. The van der Waals surface area contributed by atoms with E-state index in [0.717, 1.165) is 38.8 Å². The lowest BCUT2D eigenvalue weighted by atomic mass is 10.1. The average molecular weight is 262 g/mol. The average Bonchev–Trinajstić information content (AvgIpc) is 2.93. The first-order valence-electron chi connectivity index (χ1n) is 7.13. The van der Waals surface area contributed by atoms with Gasteiger partial charge in [-0.2, -0.15) is 0 Å². The first-order chi connectivity index (χ1) is 9.26. The highest BCUT2D eigenvalue weighted by Crippen LogP contribution is 2.21. The van der Waals surface area contributed by atoms with Crippen LogP contribution in [0.25, 0.3) is 0 Å². The lowest BCUT2D eigenvalue weighted by molar-refractivity contribution is 0.0727. The summed E-state index contributed by atoms with van der Waals surface area (Å²) in [5, 5.41) is 3.16. The van der Waals surface area contributed by atoms with Crippen LogP contribution in [0.2, 0.25) is 0 Å². The summed E-state index contributed by atoms with van der Waals surface area (Å²) >= 11 is 0. The Hall–Kier alpha value is -1.65. The maximum absolute atomic E-state index is 12.4. The van der Waals surface area contributed by atoms with E-state index in [1.54, 1.807) is 12.4 Å². The Morgan fingerprint density at radius 2 is 2.32 bits per heavy atom. The second-order valence-electron chi connectivity index (χ2n) is 4.92. The van der Waals surface area contributed by atoms with Crippen LogP contribution in [0.5, 0.6) is 0 Å². The highest BCUT2D eigenvalue weighted by molar-refractivity contribution is 5.92. The maximum Gasteiger partial charge on any atom is 0.274 e. The molecule has 5 nitrogen and oxygen atoms in total. The number of nitrogens with zero attached hydrogens (tertiary/aromatic N) is 3. The lowest BCUT2D eigenvalue weighted by Gasteiger charge is -2.23. The predicted octanol–water partition coefficient (Wildman–Crippen LogP) is 2.31. The Labute approximate surface area is 114 Å². The number of likely N-dealkylation sites (tertiary alicyclic amines) is 1. The standard InChI is InChI=1S/C14H22N4O/c1-3-7-16-13-10-15-9-12(17-13)14(19)18-8-5-6-11(18)4-2/h9-11H,3-8H2,1-2H3,(H,16,17). The van der Waals surface area contributed by atoms with Crippen molar-refractivity contribution in [1.29, 1.82) is 0 Å². The van der Waals surface area contributed by atoms with Gasteiger partial charge in [0.2, 0.25) is 0 Å². The minimum atomic E-state index is 0.0111. The molecular formula is C14H22N4O. The summed E-state index contributed by atoms with van der Waals surface area (Å²) in [7, 11) is 0. The molecule has 0 radical (unpaired) electrons. The normalized spacial score (nSPS) is 18.6. The largest absolute Gasteiger partial charge is 0.369 e. The van der Waals surface area contributed by atoms with Crippen LogP contribution in [0.15, 0.2) is 12.4 Å². The van der Waals surface area contributed by atoms with Gasteiger partial charge in [0.15, 0.2) is 0 Å².